The van der Waals surface area contributed by atoms with Crippen LogP contribution in [0.15, 0.2) is 30.9 Å². The van der Waals surface area contributed by atoms with Crippen molar-refractivity contribution in [2.24, 2.45) is 5.73 Å². The zero-order chi connectivity index (χ0) is 10.8. The first kappa shape index (κ1) is 9.54. The van der Waals surface area contributed by atoms with Crippen LogP contribution in [-0.2, 0) is 4.79 Å². The van der Waals surface area contributed by atoms with Gasteiger partial charge in [0.2, 0.25) is 0 Å². The highest BCUT2D eigenvalue weighted by Gasteiger charge is 2.17. The van der Waals surface area contributed by atoms with Gasteiger partial charge in [-0.2, -0.15) is 0 Å². The Kier molecular flexibility index (Phi) is 2.31. The summed E-state index contributed by atoms with van der Waals surface area (Å²) >= 11 is 0. The molecule has 0 fully saturated rings. The smallest absolute Gasteiger partial charge is 0.325 e. The predicted molar refractivity (Wildman–Crippen MR) is 54.1 cm³/mol. The fourth-order valence-electron chi connectivity index (χ4n) is 1.41. The Bertz CT molecular complexity index is 507. The molecule has 5 nitrogen and oxygen atoms in total. The van der Waals surface area contributed by atoms with Gasteiger partial charge in [0.25, 0.3) is 0 Å². The van der Waals surface area contributed by atoms with E-state index in [4.69, 9.17) is 10.8 Å². The van der Waals surface area contributed by atoms with Crippen molar-refractivity contribution in [1.82, 2.24) is 9.97 Å². The highest BCUT2D eigenvalue weighted by molar-refractivity contribution is 5.88. The number of carbonyl (C=O) groups is 1. The summed E-state index contributed by atoms with van der Waals surface area (Å²) < 4.78 is 0. The standard InChI is InChI=1S/C10H9N3O2/c11-9(10(14)15)8-5-13-3-6-1-2-12-4-7(6)8/h1-5,9H,11H2,(H,14,15). The van der Waals surface area contributed by atoms with Crippen molar-refractivity contribution >= 4 is 16.7 Å². The lowest BCUT2D eigenvalue weighted by Gasteiger charge is -2.08. The largest absolute Gasteiger partial charge is 0.480 e. The van der Waals surface area contributed by atoms with Crippen LogP contribution in [0.5, 0.6) is 0 Å². The minimum absolute atomic E-state index is 0.480. The van der Waals surface area contributed by atoms with Crippen LogP contribution in [0.25, 0.3) is 10.8 Å². The normalized spacial score (nSPS) is 12.6. The summed E-state index contributed by atoms with van der Waals surface area (Å²) in [6, 6.07) is 0.700. The molecule has 2 rings (SSSR count). The van der Waals surface area contributed by atoms with Crippen LogP contribution in [0.3, 0.4) is 0 Å². The minimum Gasteiger partial charge on any atom is -0.480 e. The Labute approximate surface area is 85.6 Å². The summed E-state index contributed by atoms with van der Waals surface area (Å²) in [6.45, 7) is 0. The van der Waals surface area contributed by atoms with Gasteiger partial charge < -0.3 is 10.8 Å². The van der Waals surface area contributed by atoms with Gasteiger partial charge in [-0.05, 0) is 6.07 Å². The number of hydrogen-bond acceptors (Lipinski definition) is 4. The van der Waals surface area contributed by atoms with Gasteiger partial charge >= 0.3 is 5.97 Å². The first-order valence-corrected chi connectivity index (χ1v) is 4.36. The van der Waals surface area contributed by atoms with Gasteiger partial charge in [-0.25, -0.2) is 0 Å². The Balaban J connectivity index is 2.65. The van der Waals surface area contributed by atoms with E-state index in [2.05, 4.69) is 9.97 Å². The van der Waals surface area contributed by atoms with Crippen molar-refractivity contribution < 1.29 is 9.90 Å². The van der Waals surface area contributed by atoms with Crippen LogP contribution in [-0.4, -0.2) is 21.0 Å². The van der Waals surface area contributed by atoms with Crippen LogP contribution in [0.4, 0.5) is 0 Å². The number of rotatable bonds is 2. The lowest BCUT2D eigenvalue weighted by Crippen LogP contribution is -2.21. The second-order valence-corrected chi connectivity index (χ2v) is 3.14. The lowest BCUT2D eigenvalue weighted by atomic mass is 10.0. The molecule has 15 heavy (non-hydrogen) atoms. The van der Waals surface area contributed by atoms with E-state index >= 15 is 0 Å². The molecule has 1 atom stereocenters. The molecule has 2 heterocycles. The first-order valence-electron chi connectivity index (χ1n) is 4.36. The molecule has 0 aliphatic carbocycles. The monoisotopic (exact) mass is 203 g/mol. The third kappa shape index (κ3) is 1.64. The van der Waals surface area contributed by atoms with Crippen molar-refractivity contribution in [1.29, 1.82) is 0 Å². The molecule has 0 spiro atoms. The Morgan fingerprint density at radius 3 is 2.87 bits per heavy atom. The van der Waals surface area contributed by atoms with E-state index in [9.17, 15) is 4.79 Å². The summed E-state index contributed by atoms with van der Waals surface area (Å²) in [5.74, 6) is -1.08. The van der Waals surface area contributed by atoms with Gasteiger partial charge in [0.05, 0.1) is 0 Å². The van der Waals surface area contributed by atoms with Crippen LogP contribution in [0.1, 0.15) is 11.6 Å². The molecule has 0 radical (unpaired) electrons. The second kappa shape index (κ2) is 3.62. The summed E-state index contributed by atoms with van der Waals surface area (Å²) in [5, 5.41) is 10.4. The molecule has 3 N–H and O–H groups in total. The molecule has 0 bridgehead atoms. The molecule has 5 heteroatoms. The Morgan fingerprint density at radius 2 is 2.13 bits per heavy atom. The molecular formula is C10H9N3O2. The van der Waals surface area contributed by atoms with E-state index < -0.39 is 12.0 Å². The minimum atomic E-state index is -1.08. The molecule has 0 aliphatic rings. The fourth-order valence-corrected chi connectivity index (χ4v) is 1.41. The fraction of sp³-hybridized carbons (Fsp3) is 0.100. The van der Waals surface area contributed by atoms with Gasteiger partial charge in [0, 0.05) is 41.1 Å². The van der Waals surface area contributed by atoms with Crippen LogP contribution < -0.4 is 5.73 Å². The van der Waals surface area contributed by atoms with Crippen LogP contribution in [0.2, 0.25) is 0 Å². The second-order valence-electron chi connectivity index (χ2n) is 3.14. The summed E-state index contributed by atoms with van der Waals surface area (Å²) in [7, 11) is 0. The van der Waals surface area contributed by atoms with Crippen molar-refractivity contribution in [2.75, 3.05) is 0 Å². The van der Waals surface area contributed by atoms with E-state index in [1.54, 1.807) is 24.7 Å². The zero-order valence-electron chi connectivity index (χ0n) is 7.79. The zero-order valence-corrected chi connectivity index (χ0v) is 7.79. The van der Waals surface area contributed by atoms with E-state index in [-0.39, 0.29) is 0 Å². The van der Waals surface area contributed by atoms with E-state index in [0.29, 0.717) is 5.56 Å². The van der Waals surface area contributed by atoms with Crippen molar-refractivity contribution in [2.45, 2.75) is 6.04 Å². The third-order valence-corrected chi connectivity index (χ3v) is 2.19. The number of carboxylic acids is 1. The number of fused-ring (bicyclic) bond motifs is 1. The van der Waals surface area contributed by atoms with Crippen molar-refractivity contribution in [3.8, 4) is 0 Å². The maximum atomic E-state index is 10.8. The first-order chi connectivity index (χ1) is 7.20. The molecule has 0 saturated carbocycles. The predicted octanol–water partition coefficient (Wildman–Crippen LogP) is 0.714. The SMILES string of the molecule is NC(C(=O)O)c1cncc2ccncc12. The average molecular weight is 203 g/mol. The van der Waals surface area contributed by atoms with E-state index in [0.717, 1.165) is 10.8 Å². The Morgan fingerprint density at radius 1 is 1.33 bits per heavy atom. The Hall–Kier alpha value is -2.01. The molecule has 2 aromatic rings. The number of pyridine rings is 2. The number of nitrogens with zero attached hydrogens (tertiary/aromatic N) is 2. The summed E-state index contributed by atoms with van der Waals surface area (Å²) in [5.41, 5.74) is 6.02. The molecular weight excluding hydrogens is 194 g/mol. The van der Waals surface area contributed by atoms with Gasteiger partial charge in [0.15, 0.2) is 0 Å². The molecule has 0 aromatic carbocycles. The van der Waals surface area contributed by atoms with E-state index in [1.165, 1.54) is 6.20 Å². The number of aromatic nitrogens is 2. The number of hydrogen-bond donors (Lipinski definition) is 2. The number of nitrogens with two attached hydrogens (primary N) is 1. The number of carboxylic acid groups (broad SMARTS) is 1. The van der Waals surface area contributed by atoms with Gasteiger partial charge in [-0.15, -0.1) is 0 Å². The van der Waals surface area contributed by atoms with Gasteiger partial charge in [0.1, 0.15) is 6.04 Å². The molecule has 2 aromatic heterocycles. The quantitative estimate of drug-likeness (QED) is 0.750. The van der Waals surface area contributed by atoms with Crippen molar-refractivity contribution in [3.05, 3.63) is 36.4 Å². The topological polar surface area (TPSA) is 89.1 Å². The van der Waals surface area contributed by atoms with Crippen LogP contribution >= 0.6 is 0 Å². The van der Waals surface area contributed by atoms with Crippen molar-refractivity contribution in [3.63, 3.8) is 0 Å². The van der Waals surface area contributed by atoms with Crippen LogP contribution in [0, 0.1) is 0 Å². The molecule has 0 saturated heterocycles. The van der Waals surface area contributed by atoms with E-state index in [1.807, 2.05) is 0 Å². The summed E-state index contributed by atoms with van der Waals surface area (Å²) in [6.07, 6.45) is 6.33. The highest BCUT2D eigenvalue weighted by atomic mass is 16.4. The maximum Gasteiger partial charge on any atom is 0.325 e. The maximum absolute atomic E-state index is 10.8. The molecule has 76 valence electrons. The van der Waals surface area contributed by atoms with Gasteiger partial charge in [-0.1, -0.05) is 0 Å². The highest BCUT2D eigenvalue weighted by Crippen LogP contribution is 2.20. The van der Waals surface area contributed by atoms with Gasteiger partial charge in [-0.3, -0.25) is 14.8 Å². The average Bonchev–Trinajstić information content (AvgIpc) is 2.27. The molecule has 1 unspecified atom stereocenters. The summed E-state index contributed by atoms with van der Waals surface area (Å²) in [4.78, 5) is 18.7. The third-order valence-electron chi connectivity index (χ3n) is 2.19. The molecule has 0 aliphatic heterocycles. The lowest BCUT2D eigenvalue weighted by molar-refractivity contribution is -0.138. The molecule has 0 amide bonds. The number of aliphatic carboxylic acids is 1.